The first kappa shape index (κ1) is 21.3. The summed E-state index contributed by atoms with van der Waals surface area (Å²) in [7, 11) is -3.41. The topological polar surface area (TPSA) is 135 Å². The number of hydrogen-bond acceptors (Lipinski definition) is 7. The Balaban J connectivity index is 1.69. The number of para-hydroxylation sites is 1. The maximum Gasteiger partial charge on any atom is 0.287 e. The number of hydroxylamine groups is 1. The maximum atomic E-state index is 12.6. The number of ether oxygens (including phenoxy) is 1. The number of sulfone groups is 1. The molecule has 0 radical (unpaired) electrons. The molecule has 30 heavy (non-hydrogen) atoms. The van der Waals surface area contributed by atoms with Gasteiger partial charge in [-0.2, -0.15) is 0 Å². The van der Waals surface area contributed by atoms with Gasteiger partial charge in [0, 0.05) is 17.2 Å². The summed E-state index contributed by atoms with van der Waals surface area (Å²) in [5.41, 5.74) is 2.29. The lowest BCUT2D eigenvalue weighted by molar-refractivity contribution is 0.0706. The van der Waals surface area contributed by atoms with Crippen LogP contribution < -0.4 is 15.5 Å². The molecule has 1 atom stereocenters. The van der Waals surface area contributed by atoms with E-state index >= 15 is 0 Å². The Morgan fingerprint density at radius 1 is 1.10 bits per heavy atom. The van der Waals surface area contributed by atoms with Gasteiger partial charge in [0.1, 0.15) is 27.8 Å². The van der Waals surface area contributed by atoms with Gasteiger partial charge in [0.2, 0.25) is 0 Å². The number of amides is 2. The van der Waals surface area contributed by atoms with Gasteiger partial charge in [-0.05, 0) is 36.4 Å². The maximum absolute atomic E-state index is 12.6. The number of hydrogen-bond donors (Lipinski definition) is 3. The summed E-state index contributed by atoms with van der Waals surface area (Å²) in [6.45, 7) is -0.120. The van der Waals surface area contributed by atoms with Crippen molar-refractivity contribution in [1.29, 1.82) is 0 Å². The molecule has 2 aromatic carbocycles. The lowest BCUT2D eigenvalue weighted by Gasteiger charge is -2.18. The van der Waals surface area contributed by atoms with E-state index in [1.54, 1.807) is 24.3 Å². The second kappa shape index (κ2) is 8.97. The zero-order valence-corrected chi connectivity index (χ0v) is 16.8. The predicted molar refractivity (Wildman–Crippen MR) is 108 cm³/mol. The molecule has 158 valence electrons. The van der Waals surface area contributed by atoms with E-state index in [0.29, 0.717) is 11.3 Å². The first-order valence-electron chi connectivity index (χ1n) is 8.89. The van der Waals surface area contributed by atoms with Crippen molar-refractivity contribution >= 4 is 32.6 Å². The van der Waals surface area contributed by atoms with Crippen LogP contribution in [0.4, 0.5) is 0 Å². The monoisotopic (exact) mass is 432 g/mol. The lowest BCUT2D eigenvalue weighted by atomic mass is 10.2. The summed E-state index contributed by atoms with van der Waals surface area (Å²) < 4.78 is 34.6. The molecule has 10 heteroatoms. The highest BCUT2D eigenvalue weighted by atomic mass is 32.2. The molecule has 3 rings (SSSR count). The van der Waals surface area contributed by atoms with E-state index in [1.165, 1.54) is 29.7 Å². The molecule has 1 unspecified atom stereocenters. The fourth-order valence-corrected chi connectivity index (χ4v) is 3.72. The van der Waals surface area contributed by atoms with Crippen molar-refractivity contribution in [2.24, 2.45) is 0 Å². The van der Waals surface area contributed by atoms with Crippen molar-refractivity contribution in [2.45, 2.75) is 6.04 Å². The summed E-state index contributed by atoms with van der Waals surface area (Å²) in [5, 5.41) is 12.0. The number of carbonyl (C=O) groups is 2. The molecule has 0 fully saturated rings. The Kier molecular flexibility index (Phi) is 6.38. The fraction of sp³-hybridized carbons (Fsp3) is 0.200. The van der Waals surface area contributed by atoms with Crippen LogP contribution in [0.25, 0.3) is 11.0 Å². The SMILES string of the molecule is CS(=O)(=O)CC(COc1ccc(C(=O)NO)cc1)NC(=O)c1cc2ccccc2o1. The smallest absolute Gasteiger partial charge is 0.287 e. The summed E-state index contributed by atoms with van der Waals surface area (Å²) in [6.07, 6.45) is 1.07. The third kappa shape index (κ3) is 5.58. The number of carbonyl (C=O) groups excluding carboxylic acids is 2. The molecule has 2 amide bonds. The van der Waals surface area contributed by atoms with Crippen LogP contribution in [0, 0.1) is 0 Å². The molecule has 0 spiro atoms. The van der Waals surface area contributed by atoms with Crippen molar-refractivity contribution in [3.63, 3.8) is 0 Å². The fourth-order valence-electron chi connectivity index (χ4n) is 2.81. The van der Waals surface area contributed by atoms with Crippen LogP contribution >= 0.6 is 0 Å². The van der Waals surface area contributed by atoms with Gasteiger partial charge in [-0.1, -0.05) is 18.2 Å². The van der Waals surface area contributed by atoms with Crippen LogP contribution in [0.1, 0.15) is 20.9 Å². The summed E-state index contributed by atoms with van der Waals surface area (Å²) in [5.74, 6) is -1.13. The molecule has 9 nitrogen and oxygen atoms in total. The highest BCUT2D eigenvalue weighted by molar-refractivity contribution is 7.90. The normalized spacial score (nSPS) is 12.3. The van der Waals surface area contributed by atoms with Crippen LogP contribution in [-0.2, 0) is 9.84 Å². The zero-order valence-electron chi connectivity index (χ0n) is 16.0. The zero-order chi connectivity index (χ0) is 21.7. The standard InChI is InChI=1S/C20H20N2O7S/c1-30(26,27)12-15(11-28-16-8-6-13(7-9-16)19(23)22-25)21-20(24)18-10-14-4-2-3-5-17(14)29-18/h2-10,15,25H,11-12H2,1H3,(H,21,24)(H,22,23). The van der Waals surface area contributed by atoms with Gasteiger partial charge in [0.25, 0.3) is 11.8 Å². The molecule has 0 saturated heterocycles. The van der Waals surface area contributed by atoms with Gasteiger partial charge in [-0.25, -0.2) is 13.9 Å². The largest absolute Gasteiger partial charge is 0.491 e. The molecule has 0 aliphatic carbocycles. The van der Waals surface area contributed by atoms with E-state index in [2.05, 4.69) is 5.32 Å². The highest BCUT2D eigenvalue weighted by Gasteiger charge is 2.21. The highest BCUT2D eigenvalue weighted by Crippen LogP contribution is 2.19. The Morgan fingerprint density at radius 3 is 2.43 bits per heavy atom. The quantitative estimate of drug-likeness (QED) is 0.365. The summed E-state index contributed by atoms with van der Waals surface area (Å²) >= 11 is 0. The average Bonchev–Trinajstić information content (AvgIpc) is 3.15. The number of benzene rings is 2. The van der Waals surface area contributed by atoms with Crippen LogP contribution in [-0.4, -0.2) is 50.1 Å². The van der Waals surface area contributed by atoms with Crippen molar-refractivity contribution in [3.8, 4) is 5.75 Å². The van der Waals surface area contributed by atoms with Gasteiger partial charge >= 0.3 is 0 Å². The lowest BCUT2D eigenvalue weighted by Crippen LogP contribution is -2.43. The third-order valence-electron chi connectivity index (χ3n) is 4.16. The van der Waals surface area contributed by atoms with Crippen molar-refractivity contribution in [1.82, 2.24) is 10.8 Å². The third-order valence-corrected chi connectivity index (χ3v) is 5.17. The van der Waals surface area contributed by atoms with Gasteiger partial charge in [0.05, 0.1) is 11.8 Å². The van der Waals surface area contributed by atoms with Gasteiger partial charge in [-0.15, -0.1) is 0 Å². The van der Waals surface area contributed by atoms with E-state index in [0.717, 1.165) is 11.6 Å². The van der Waals surface area contributed by atoms with Crippen LogP contribution in [0.3, 0.4) is 0 Å². The van der Waals surface area contributed by atoms with Crippen molar-refractivity contribution in [2.75, 3.05) is 18.6 Å². The van der Waals surface area contributed by atoms with Gasteiger partial charge in [0.15, 0.2) is 5.76 Å². The van der Waals surface area contributed by atoms with E-state index in [9.17, 15) is 18.0 Å². The summed E-state index contributed by atoms with van der Waals surface area (Å²) in [6, 6.07) is 13.7. The second-order valence-electron chi connectivity index (χ2n) is 6.69. The Hall–Kier alpha value is -3.37. The molecule has 1 heterocycles. The molecule has 3 aromatic rings. The minimum atomic E-state index is -3.41. The molecule has 0 aliphatic rings. The predicted octanol–water partition coefficient (Wildman–Crippen LogP) is 1.77. The molecule has 0 aliphatic heterocycles. The molecular formula is C20H20N2O7S. The van der Waals surface area contributed by atoms with E-state index in [1.807, 2.05) is 6.07 Å². The van der Waals surface area contributed by atoms with Crippen molar-refractivity contribution in [3.05, 3.63) is 65.9 Å². The Labute approximate surface area is 172 Å². The molecule has 1 aromatic heterocycles. The number of rotatable bonds is 8. The van der Waals surface area contributed by atoms with E-state index < -0.39 is 27.7 Å². The number of fused-ring (bicyclic) bond motifs is 1. The summed E-state index contributed by atoms with van der Waals surface area (Å²) in [4.78, 5) is 23.9. The molecule has 0 saturated carbocycles. The number of nitrogens with one attached hydrogen (secondary N) is 2. The van der Waals surface area contributed by atoms with Gasteiger partial charge in [-0.3, -0.25) is 14.8 Å². The van der Waals surface area contributed by atoms with Crippen LogP contribution in [0.15, 0.2) is 59.0 Å². The van der Waals surface area contributed by atoms with E-state index in [4.69, 9.17) is 14.4 Å². The number of furan rings is 1. The molecule has 0 bridgehead atoms. The first-order chi connectivity index (χ1) is 14.2. The Morgan fingerprint density at radius 2 is 1.80 bits per heavy atom. The minimum Gasteiger partial charge on any atom is -0.491 e. The second-order valence-corrected chi connectivity index (χ2v) is 8.87. The Bertz CT molecular complexity index is 1120. The average molecular weight is 432 g/mol. The van der Waals surface area contributed by atoms with E-state index in [-0.39, 0.29) is 23.7 Å². The van der Waals surface area contributed by atoms with Crippen molar-refractivity contribution < 1.29 is 32.4 Å². The minimum absolute atomic E-state index is 0.0640. The molecular weight excluding hydrogens is 412 g/mol. The van der Waals surface area contributed by atoms with Gasteiger partial charge < -0.3 is 14.5 Å². The molecule has 3 N–H and O–H groups in total. The van der Waals surface area contributed by atoms with Crippen LogP contribution in [0.5, 0.6) is 5.75 Å². The first-order valence-corrected chi connectivity index (χ1v) is 11.0. The van der Waals surface area contributed by atoms with Crippen LogP contribution in [0.2, 0.25) is 0 Å².